The molecule has 4 nitrogen and oxygen atoms in total. The second-order valence-corrected chi connectivity index (χ2v) is 6.95. The number of aryl methyl sites for hydroxylation is 1. The predicted molar refractivity (Wildman–Crippen MR) is 86.0 cm³/mol. The van der Waals surface area contributed by atoms with Gasteiger partial charge in [-0.1, -0.05) is 27.2 Å². The number of hydrogen-bond donors (Lipinski definition) is 1. The molecule has 2 rings (SSSR count). The Morgan fingerprint density at radius 1 is 1.14 bits per heavy atom. The summed E-state index contributed by atoms with van der Waals surface area (Å²) in [5.74, 6) is 1.36. The Balaban J connectivity index is 2.34. The molecule has 0 saturated heterocycles. The maximum Gasteiger partial charge on any atom is 0.162 e. The summed E-state index contributed by atoms with van der Waals surface area (Å²) in [5, 5.41) is 0. The summed E-state index contributed by atoms with van der Waals surface area (Å²) < 4.78 is 6.16. The Bertz CT molecular complexity index is 475. The summed E-state index contributed by atoms with van der Waals surface area (Å²) in [7, 11) is 0. The van der Waals surface area contributed by atoms with Crippen molar-refractivity contribution in [1.82, 2.24) is 9.97 Å². The number of rotatable bonds is 5. The van der Waals surface area contributed by atoms with Crippen LogP contribution in [0.2, 0.25) is 0 Å². The summed E-state index contributed by atoms with van der Waals surface area (Å²) in [6.45, 7) is 9.53. The van der Waals surface area contributed by atoms with Crippen LogP contribution in [-0.4, -0.2) is 16.6 Å². The average Bonchev–Trinajstić information content (AvgIpc) is 2.41. The van der Waals surface area contributed by atoms with Crippen LogP contribution < -0.4 is 5.73 Å². The minimum Gasteiger partial charge on any atom is -0.384 e. The zero-order valence-electron chi connectivity index (χ0n) is 13.9. The summed E-state index contributed by atoms with van der Waals surface area (Å²) >= 11 is 0. The van der Waals surface area contributed by atoms with E-state index in [9.17, 15) is 0 Å². The molecular formula is C17H29N3O. The molecule has 0 spiro atoms. The lowest BCUT2D eigenvalue weighted by Gasteiger charge is -2.42. The van der Waals surface area contributed by atoms with E-state index in [2.05, 4.69) is 25.8 Å². The summed E-state index contributed by atoms with van der Waals surface area (Å²) in [5.41, 5.74) is 7.07. The molecule has 1 fully saturated rings. The van der Waals surface area contributed by atoms with Crippen molar-refractivity contribution in [1.29, 1.82) is 0 Å². The van der Waals surface area contributed by atoms with Crippen molar-refractivity contribution in [3.63, 3.8) is 0 Å². The van der Waals surface area contributed by atoms with Crippen LogP contribution in [0.4, 0.5) is 5.82 Å². The van der Waals surface area contributed by atoms with Crippen LogP contribution >= 0.6 is 0 Å². The highest BCUT2D eigenvalue weighted by Gasteiger charge is 2.42. The van der Waals surface area contributed by atoms with Crippen LogP contribution in [0.15, 0.2) is 6.07 Å². The minimum absolute atomic E-state index is 0.345. The van der Waals surface area contributed by atoms with Gasteiger partial charge in [0, 0.05) is 18.4 Å². The van der Waals surface area contributed by atoms with Crippen molar-refractivity contribution in [3.05, 3.63) is 17.6 Å². The lowest BCUT2D eigenvalue weighted by atomic mass is 9.70. The highest BCUT2D eigenvalue weighted by Crippen LogP contribution is 2.46. The SMILES string of the molecule is CCCc1cc(N)nc(C2(OCC)CCC(C)(C)CC2)n1. The Labute approximate surface area is 128 Å². The van der Waals surface area contributed by atoms with Gasteiger partial charge in [0.25, 0.3) is 0 Å². The highest BCUT2D eigenvalue weighted by molar-refractivity contribution is 5.31. The van der Waals surface area contributed by atoms with Gasteiger partial charge in [-0.25, -0.2) is 9.97 Å². The third kappa shape index (κ3) is 3.73. The van der Waals surface area contributed by atoms with E-state index in [1.54, 1.807) is 0 Å². The first-order valence-electron chi connectivity index (χ1n) is 8.19. The summed E-state index contributed by atoms with van der Waals surface area (Å²) in [6.07, 6.45) is 6.21. The molecule has 4 heteroatoms. The molecule has 0 aromatic carbocycles. The molecule has 0 radical (unpaired) electrons. The van der Waals surface area contributed by atoms with Gasteiger partial charge in [0.05, 0.1) is 0 Å². The first-order valence-corrected chi connectivity index (χ1v) is 8.19. The Morgan fingerprint density at radius 2 is 1.81 bits per heavy atom. The number of nitrogen functional groups attached to an aromatic ring is 1. The summed E-state index contributed by atoms with van der Waals surface area (Å²) in [4.78, 5) is 9.29. The fraction of sp³-hybridized carbons (Fsp3) is 0.765. The van der Waals surface area contributed by atoms with Crippen molar-refractivity contribution < 1.29 is 4.74 Å². The first kappa shape index (κ1) is 16.2. The van der Waals surface area contributed by atoms with Gasteiger partial charge in [-0.3, -0.25) is 0 Å². The molecule has 0 bridgehead atoms. The van der Waals surface area contributed by atoms with Crippen molar-refractivity contribution in [2.75, 3.05) is 12.3 Å². The first-order chi connectivity index (χ1) is 9.91. The van der Waals surface area contributed by atoms with Crippen molar-refractivity contribution in [2.45, 2.75) is 71.8 Å². The second kappa shape index (κ2) is 6.30. The van der Waals surface area contributed by atoms with Crippen molar-refractivity contribution >= 4 is 5.82 Å². The predicted octanol–water partition coefficient (Wildman–Crippen LogP) is 3.84. The molecule has 1 aromatic heterocycles. The molecule has 0 atom stereocenters. The number of aromatic nitrogens is 2. The van der Waals surface area contributed by atoms with Crippen molar-refractivity contribution in [2.24, 2.45) is 5.41 Å². The Kier molecular flexibility index (Phi) is 4.87. The van der Waals surface area contributed by atoms with Crippen LogP contribution in [0.25, 0.3) is 0 Å². The van der Waals surface area contributed by atoms with Gasteiger partial charge in [-0.15, -0.1) is 0 Å². The smallest absolute Gasteiger partial charge is 0.162 e. The molecule has 1 aliphatic carbocycles. The topological polar surface area (TPSA) is 61.0 Å². The van der Waals surface area contributed by atoms with Crippen LogP contribution in [0.3, 0.4) is 0 Å². The molecule has 0 unspecified atom stereocenters. The van der Waals surface area contributed by atoms with E-state index in [1.165, 1.54) is 0 Å². The normalized spacial score (nSPS) is 20.4. The molecule has 1 aromatic rings. The van der Waals surface area contributed by atoms with Gasteiger partial charge in [0.1, 0.15) is 11.4 Å². The molecule has 1 aliphatic rings. The maximum absolute atomic E-state index is 6.16. The summed E-state index contributed by atoms with van der Waals surface area (Å²) in [6, 6.07) is 1.89. The second-order valence-electron chi connectivity index (χ2n) is 6.95. The monoisotopic (exact) mass is 291 g/mol. The minimum atomic E-state index is -0.345. The number of nitrogens with two attached hydrogens (primary N) is 1. The number of nitrogens with zero attached hydrogens (tertiary/aromatic N) is 2. The van der Waals surface area contributed by atoms with Gasteiger partial charge >= 0.3 is 0 Å². The standard InChI is InChI=1S/C17H29N3O/c1-5-7-13-12-14(18)20-15(19-13)17(21-6-2)10-8-16(3,4)9-11-17/h12H,5-11H2,1-4H3,(H2,18,19,20). The van der Waals surface area contributed by atoms with E-state index in [4.69, 9.17) is 15.5 Å². The van der Waals surface area contributed by atoms with E-state index in [0.29, 0.717) is 17.8 Å². The average molecular weight is 291 g/mol. The molecule has 21 heavy (non-hydrogen) atoms. The van der Waals surface area contributed by atoms with Gasteiger partial charge in [0.15, 0.2) is 5.82 Å². The number of anilines is 1. The van der Waals surface area contributed by atoms with Gasteiger partial charge in [-0.2, -0.15) is 0 Å². The maximum atomic E-state index is 6.16. The number of hydrogen-bond acceptors (Lipinski definition) is 4. The Morgan fingerprint density at radius 3 is 2.38 bits per heavy atom. The van der Waals surface area contributed by atoms with Gasteiger partial charge in [0.2, 0.25) is 0 Å². The molecule has 1 saturated carbocycles. The van der Waals surface area contributed by atoms with Crippen LogP contribution in [0.5, 0.6) is 0 Å². The largest absolute Gasteiger partial charge is 0.384 e. The Hall–Kier alpha value is -1.16. The van der Waals surface area contributed by atoms with E-state index in [0.717, 1.165) is 50.0 Å². The molecule has 118 valence electrons. The molecule has 2 N–H and O–H groups in total. The van der Waals surface area contributed by atoms with Gasteiger partial charge in [-0.05, 0) is 44.4 Å². The molecular weight excluding hydrogens is 262 g/mol. The van der Waals surface area contributed by atoms with Crippen LogP contribution in [0.1, 0.15) is 71.3 Å². The van der Waals surface area contributed by atoms with Crippen molar-refractivity contribution in [3.8, 4) is 0 Å². The fourth-order valence-corrected chi connectivity index (χ4v) is 3.15. The van der Waals surface area contributed by atoms with E-state index in [-0.39, 0.29) is 5.60 Å². The zero-order chi connectivity index (χ0) is 15.5. The number of ether oxygens (including phenoxy) is 1. The zero-order valence-corrected chi connectivity index (χ0v) is 13.9. The fourth-order valence-electron chi connectivity index (χ4n) is 3.15. The van der Waals surface area contributed by atoms with E-state index >= 15 is 0 Å². The molecule has 0 amide bonds. The third-order valence-corrected chi connectivity index (χ3v) is 4.54. The molecule has 1 heterocycles. The van der Waals surface area contributed by atoms with E-state index in [1.807, 2.05) is 13.0 Å². The van der Waals surface area contributed by atoms with Crippen LogP contribution in [0, 0.1) is 5.41 Å². The van der Waals surface area contributed by atoms with E-state index < -0.39 is 0 Å². The van der Waals surface area contributed by atoms with Crippen LogP contribution in [-0.2, 0) is 16.8 Å². The lowest BCUT2D eigenvalue weighted by Crippen LogP contribution is -2.39. The third-order valence-electron chi connectivity index (χ3n) is 4.54. The molecule has 0 aliphatic heterocycles. The van der Waals surface area contributed by atoms with Gasteiger partial charge < -0.3 is 10.5 Å². The highest BCUT2D eigenvalue weighted by atomic mass is 16.5. The lowest BCUT2D eigenvalue weighted by molar-refractivity contribution is -0.0948. The quantitative estimate of drug-likeness (QED) is 0.895.